The standard InChI is InChI=1S/C5H14NO2PS.2Na/c1-6(2)4-3-5-9(7,8)10;;/h3-5H2,1-2H3,(H2,7,8,10);;/q;2*+1/p-2. The van der Waals surface area contributed by atoms with Gasteiger partial charge in [0.15, 0.2) is 0 Å². The average Bonchev–Trinajstić information content (AvgIpc) is 1.59. The first-order chi connectivity index (χ1) is 4.42. The Balaban J connectivity index is -0.000000405. The number of nitrogens with zero attached hydrogens (tertiary/aromatic N) is 1. The Kier molecular flexibility index (Phi) is 16.8. The molecule has 0 radical (unpaired) electrons. The summed E-state index contributed by atoms with van der Waals surface area (Å²) in [4.78, 5) is 22.8. The van der Waals surface area contributed by atoms with Gasteiger partial charge in [-0.1, -0.05) is 0 Å². The minimum absolute atomic E-state index is 0. The van der Waals surface area contributed by atoms with Gasteiger partial charge in [0, 0.05) is 0 Å². The molecule has 0 heterocycles. The summed E-state index contributed by atoms with van der Waals surface area (Å²) in [6.07, 6.45) is 0.776. The van der Waals surface area contributed by atoms with Crippen LogP contribution in [0.4, 0.5) is 0 Å². The predicted octanol–water partition coefficient (Wildman–Crippen LogP) is -7.02. The molecule has 0 amide bonds. The van der Waals surface area contributed by atoms with Crippen molar-refractivity contribution < 1.29 is 68.9 Å². The normalized spacial score (nSPS) is 10.4. The maximum atomic E-state index is 10.4. The minimum atomic E-state index is -3.42. The van der Waals surface area contributed by atoms with Crippen LogP contribution in [0.15, 0.2) is 0 Å². The van der Waals surface area contributed by atoms with Crippen molar-refractivity contribution in [1.82, 2.24) is 4.90 Å². The molecule has 0 aromatic rings. The molecule has 62 valence electrons. The molecule has 0 aliphatic heterocycles. The molecule has 3 nitrogen and oxygen atoms in total. The van der Waals surface area contributed by atoms with Crippen LogP contribution in [0.3, 0.4) is 0 Å². The van der Waals surface area contributed by atoms with Gasteiger partial charge in [0.05, 0.1) is 0 Å². The van der Waals surface area contributed by atoms with E-state index in [-0.39, 0.29) is 65.3 Å². The summed E-state index contributed by atoms with van der Waals surface area (Å²) in [5.74, 6) is 0. The topological polar surface area (TPSA) is 49.4 Å². The molecule has 12 heavy (non-hydrogen) atoms. The Morgan fingerprint density at radius 1 is 1.25 bits per heavy atom. The van der Waals surface area contributed by atoms with Crippen molar-refractivity contribution in [3.05, 3.63) is 0 Å². The Morgan fingerprint density at radius 2 is 1.67 bits per heavy atom. The van der Waals surface area contributed by atoms with Gasteiger partial charge in [0.2, 0.25) is 0 Å². The summed E-state index contributed by atoms with van der Waals surface area (Å²) in [5, 5.41) is 0. The zero-order chi connectivity index (χ0) is 8.20. The number of rotatable bonds is 4. The van der Waals surface area contributed by atoms with E-state index in [1.54, 1.807) is 0 Å². The van der Waals surface area contributed by atoms with Crippen molar-refractivity contribution in [3.8, 4) is 0 Å². The minimum Gasteiger partial charge on any atom is -0.832 e. The molecule has 0 aromatic carbocycles. The van der Waals surface area contributed by atoms with Crippen LogP contribution in [0.1, 0.15) is 6.42 Å². The van der Waals surface area contributed by atoms with Crippen LogP contribution in [0.2, 0.25) is 0 Å². The first-order valence-corrected chi connectivity index (χ1v) is 5.90. The number of hydrogen-bond donors (Lipinski definition) is 0. The largest absolute Gasteiger partial charge is 1.00 e. The summed E-state index contributed by atoms with van der Waals surface area (Å²) in [5.41, 5.74) is 0. The van der Waals surface area contributed by atoms with Gasteiger partial charge in [-0.15, -0.1) is 11.8 Å². The van der Waals surface area contributed by atoms with Gasteiger partial charge in [-0.05, 0) is 33.2 Å². The van der Waals surface area contributed by atoms with Crippen LogP contribution in [0.25, 0.3) is 0 Å². The fraction of sp³-hybridized carbons (Fsp3) is 1.00. The van der Waals surface area contributed by atoms with Crippen LogP contribution in [0.5, 0.6) is 0 Å². The smallest absolute Gasteiger partial charge is 0.832 e. The summed E-state index contributed by atoms with van der Waals surface area (Å²) in [6, 6.07) is 0. The molecule has 0 atom stereocenters. The van der Waals surface area contributed by atoms with E-state index in [9.17, 15) is 9.79 Å². The van der Waals surface area contributed by atoms with Crippen LogP contribution in [-0.4, -0.2) is 31.7 Å². The third kappa shape index (κ3) is 18.3. The van der Waals surface area contributed by atoms with Crippen LogP contribution < -0.4 is 68.9 Å². The molecule has 0 aromatic heterocycles. The van der Waals surface area contributed by atoms with Crippen LogP contribution in [-0.2, 0) is 11.8 Å². The van der Waals surface area contributed by atoms with E-state index in [1.165, 1.54) is 0 Å². The van der Waals surface area contributed by atoms with Crippen molar-refractivity contribution in [3.63, 3.8) is 0 Å². The zero-order valence-electron chi connectivity index (χ0n) is 8.24. The molecular formula is C5H12NNa2O2PS. The summed E-state index contributed by atoms with van der Waals surface area (Å²) < 4.78 is 0. The maximum Gasteiger partial charge on any atom is 1.00 e. The van der Waals surface area contributed by atoms with E-state index in [4.69, 9.17) is 0 Å². The van der Waals surface area contributed by atoms with Gasteiger partial charge in [-0.2, -0.15) is 0 Å². The third-order valence-corrected chi connectivity index (χ3v) is 2.45. The Morgan fingerprint density at radius 3 is 1.92 bits per heavy atom. The molecular weight excluding hydrogens is 215 g/mol. The van der Waals surface area contributed by atoms with Gasteiger partial charge in [-0.3, -0.25) is 0 Å². The second-order valence-electron chi connectivity index (χ2n) is 2.49. The van der Waals surface area contributed by atoms with Gasteiger partial charge in [0.1, 0.15) is 0 Å². The molecule has 0 N–H and O–H groups in total. The summed E-state index contributed by atoms with van der Waals surface area (Å²) in [7, 11) is 3.80. The van der Waals surface area contributed by atoms with Gasteiger partial charge >= 0.3 is 59.1 Å². The van der Waals surface area contributed by atoms with E-state index < -0.39 is 6.49 Å². The molecule has 0 bridgehead atoms. The fourth-order valence-electron chi connectivity index (χ4n) is 0.581. The third-order valence-electron chi connectivity index (χ3n) is 1.04. The Labute approximate surface area is 124 Å². The maximum absolute atomic E-state index is 10.4. The van der Waals surface area contributed by atoms with E-state index in [0.717, 1.165) is 6.54 Å². The van der Waals surface area contributed by atoms with E-state index in [0.29, 0.717) is 6.42 Å². The number of hydrogen-bond acceptors (Lipinski definition) is 4. The van der Waals surface area contributed by atoms with Crippen molar-refractivity contribution in [2.75, 3.05) is 26.8 Å². The SMILES string of the molecule is CN(C)CCCP([O-])([O-])=S.[Na+].[Na+]. The second-order valence-corrected chi connectivity index (χ2v) is 5.83. The second kappa shape index (κ2) is 10.1. The molecule has 0 spiro atoms. The molecule has 0 saturated heterocycles. The van der Waals surface area contributed by atoms with Crippen molar-refractivity contribution in [1.29, 1.82) is 0 Å². The molecule has 0 aliphatic carbocycles. The van der Waals surface area contributed by atoms with Crippen molar-refractivity contribution >= 4 is 18.3 Å². The van der Waals surface area contributed by atoms with Gasteiger partial charge in [0.25, 0.3) is 0 Å². The Hall–Kier alpha value is 2.53. The molecule has 0 unspecified atom stereocenters. The summed E-state index contributed by atoms with van der Waals surface area (Å²) in [6.45, 7) is -2.63. The van der Waals surface area contributed by atoms with Crippen molar-refractivity contribution in [2.45, 2.75) is 6.42 Å². The average molecular weight is 227 g/mol. The zero-order valence-corrected chi connectivity index (χ0v) is 14.0. The van der Waals surface area contributed by atoms with Gasteiger partial charge in [-0.25, -0.2) is 6.49 Å². The van der Waals surface area contributed by atoms with Gasteiger partial charge < -0.3 is 14.7 Å². The van der Waals surface area contributed by atoms with E-state index in [1.807, 2.05) is 19.0 Å². The first-order valence-electron chi connectivity index (χ1n) is 3.07. The monoisotopic (exact) mass is 227 g/mol. The van der Waals surface area contributed by atoms with Crippen LogP contribution >= 0.6 is 6.49 Å². The molecule has 0 saturated carbocycles. The first kappa shape index (κ1) is 20.0. The molecule has 0 aliphatic rings. The van der Waals surface area contributed by atoms with E-state index >= 15 is 0 Å². The molecule has 7 heteroatoms. The Bertz CT molecular complexity index is 141. The quantitative estimate of drug-likeness (QED) is 0.354. The fourth-order valence-corrected chi connectivity index (χ4v) is 1.50. The molecule has 0 fully saturated rings. The summed E-state index contributed by atoms with van der Waals surface area (Å²) >= 11 is 4.22. The van der Waals surface area contributed by atoms with Crippen LogP contribution in [0, 0.1) is 0 Å². The predicted molar refractivity (Wildman–Crippen MR) is 42.3 cm³/mol. The molecule has 0 rings (SSSR count). The van der Waals surface area contributed by atoms with Crippen molar-refractivity contribution in [2.24, 2.45) is 0 Å². The van der Waals surface area contributed by atoms with E-state index in [2.05, 4.69) is 11.8 Å².